The van der Waals surface area contributed by atoms with Gasteiger partial charge in [0.05, 0.1) is 0 Å². The molecule has 2 aliphatic carbocycles. The first-order valence-corrected chi connectivity index (χ1v) is 9.78. The summed E-state index contributed by atoms with van der Waals surface area (Å²) in [5, 5.41) is 8.92. The third-order valence-corrected chi connectivity index (χ3v) is 5.75. The predicted molar refractivity (Wildman–Crippen MR) is 93.8 cm³/mol. The smallest absolute Gasteiger partial charge is 0.315 e. The maximum atomic E-state index is 12.0. The number of nitrogens with zero attached hydrogens (tertiary/aromatic N) is 1. The summed E-state index contributed by atoms with van der Waals surface area (Å²) in [6.07, 6.45) is 11.3. The Balaban J connectivity index is 1.26. The first-order valence-electron chi connectivity index (χ1n) is 9.78. The molecule has 0 unspecified atom stereocenters. The Kier molecular flexibility index (Phi) is 6.35. The summed E-state index contributed by atoms with van der Waals surface area (Å²) >= 11 is 0. The molecule has 3 fully saturated rings. The van der Waals surface area contributed by atoms with Crippen molar-refractivity contribution in [2.45, 2.75) is 82.3 Å². The maximum Gasteiger partial charge on any atom is 0.315 e. The number of hydrogen-bond donors (Lipinski definition) is 3. The summed E-state index contributed by atoms with van der Waals surface area (Å²) in [6, 6.07) is 1.20. The number of nitrogens with one attached hydrogen (secondary N) is 3. The van der Waals surface area contributed by atoms with E-state index in [2.05, 4.69) is 20.9 Å². The van der Waals surface area contributed by atoms with Gasteiger partial charge in [0.15, 0.2) is 0 Å². The highest BCUT2D eigenvalue weighted by atomic mass is 16.2. The minimum Gasteiger partial charge on any atom is -0.353 e. The topological polar surface area (TPSA) is 73.5 Å². The molecule has 24 heavy (non-hydrogen) atoms. The number of hydrogen-bond acceptors (Lipinski definition) is 3. The molecule has 0 radical (unpaired) electrons. The van der Waals surface area contributed by atoms with Crippen LogP contribution in [0.2, 0.25) is 0 Å². The summed E-state index contributed by atoms with van der Waals surface area (Å²) in [7, 11) is 0. The molecule has 0 aromatic rings. The Morgan fingerprint density at radius 1 is 0.875 bits per heavy atom. The van der Waals surface area contributed by atoms with Crippen molar-refractivity contribution < 1.29 is 9.59 Å². The monoisotopic (exact) mass is 336 g/mol. The summed E-state index contributed by atoms with van der Waals surface area (Å²) in [5.74, 6) is 0.0514. The molecule has 136 valence electrons. The Hall–Kier alpha value is -1.30. The first-order chi connectivity index (χ1) is 11.7. The highest BCUT2D eigenvalue weighted by molar-refractivity contribution is 5.78. The molecule has 1 aliphatic heterocycles. The fourth-order valence-corrected chi connectivity index (χ4v) is 4.40. The number of rotatable bonds is 6. The molecule has 1 heterocycles. The van der Waals surface area contributed by atoms with Crippen LogP contribution in [0.25, 0.3) is 0 Å². The van der Waals surface area contributed by atoms with E-state index in [1.807, 2.05) is 0 Å². The van der Waals surface area contributed by atoms with Gasteiger partial charge in [-0.1, -0.05) is 25.7 Å². The van der Waals surface area contributed by atoms with Crippen LogP contribution in [0.1, 0.15) is 64.2 Å². The SMILES string of the molecule is O=C(CCNC(=O)N[C@@H]1CCN(C2CCCC2)C1)NC1CCCC1. The van der Waals surface area contributed by atoms with E-state index in [1.54, 1.807) is 0 Å². The number of carbonyl (C=O) groups excluding carboxylic acids is 2. The van der Waals surface area contributed by atoms with Gasteiger partial charge in [-0.05, 0) is 32.1 Å². The molecule has 2 saturated carbocycles. The van der Waals surface area contributed by atoms with E-state index >= 15 is 0 Å². The van der Waals surface area contributed by atoms with Gasteiger partial charge in [0.25, 0.3) is 0 Å². The Labute approximate surface area is 145 Å². The molecule has 1 atom stereocenters. The number of likely N-dealkylation sites (tertiary alicyclic amines) is 1. The van der Waals surface area contributed by atoms with E-state index < -0.39 is 0 Å². The molecule has 3 aliphatic rings. The first kappa shape index (κ1) is 17.5. The van der Waals surface area contributed by atoms with Crippen molar-refractivity contribution in [1.29, 1.82) is 0 Å². The molecule has 6 heteroatoms. The lowest BCUT2D eigenvalue weighted by atomic mass is 10.2. The summed E-state index contributed by atoms with van der Waals surface area (Å²) in [5.41, 5.74) is 0. The molecule has 3 N–H and O–H groups in total. The van der Waals surface area contributed by atoms with Gasteiger partial charge in [0, 0.05) is 44.2 Å². The highest BCUT2D eigenvalue weighted by Crippen LogP contribution is 2.26. The minimum atomic E-state index is -0.137. The van der Waals surface area contributed by atoms with Gasteiger partial charge in [-0.3, -0.25) is 9.69 Å². The van der Waals surface area contributed by atoms with Crippen LogP contribution in [0.4, 0.5) is 4.79 Å². The van der Waals surface area contributed by atoms with Gasteiger partial charge < -0.3 is 16.0 Å². The van der Waals surface area contributed by atoms with Gasteiger partial charge in [-0.25, -0.2) is 4.79 Å². The Morgan fingerprint density at radius 2 is 1.58 bits per heavy atom. The van der Waals surface area contributed by atoms with Crippen LogP contribution in [0.3, 0.4) is 0 Å². The maximum absolute atomic E-state index is 12.0. The van der Waals surface area contributed by atoms with E-state index in [1.165, 1.54) is 38.5 Å². The van der Waals surface area contributed by atoms with Crippen LogP contribution >= 0.6 is 0 Å². The van der Waals surface area contributed by atoms with Gasteiger partial charge in [0.2, 0.25) is 5.91 Å². The van der Waals surface area contributed by atoms with Crippen molar-refractivity contribution >= 4 is 11.9 Å². The molecule has 3 rings (SSSR count). The molecule has 0 aromatic heterocycles. The third kappa shape index (κ3) is 5.10. The fourth-order valence-electron chi connectivity index (χ4n) is 4.40. The average Bonchev–Trinajstić information content (AvgIpc) is 3.29. The van der Waals surface area contributed by atoms with E-state index in [-0.39, 0.29) is 18.0 Å². The fraction of sp³-hybridized carbons (Fsp3) is 0.889. The highest BCUT2D eigenvalue weighted by Gasteiger charge is 2.30. The molecule has 0 spiro atoms. The lowest BCUT2D eigenvalue weighted by Gasteiger charge is -2.23. The number of urea groups is 1. The predicted octanol–water partition coefficient (Wildman–Crippen LogP) is 1.75. The van der Waals surface area contributed by atoms with E-state index in [9.17, 15) is 9.59 Å². The van der Waals surface area contributed by atoms with Crippen LogP contribution in [-0.4, -0.2) is 54.6 Å². The molecule has 1 saturated heterocycles. The number of carbonyl (C=O) groups is 2. The second kappa shape index (κ2) is 8.70. The molecular formula is C18H32N4O2. The third-order valence-electron chi connectivity index (χ3n) is 5.75. The van der Waals surface area contributed by atoms with Crippen molar-refractivity contribution in [3.63, 3.8) is 0 Å². The molecular weight excluding hydrogens is 304 g/mol. The van der Waals surface area contributed by atoms with Gasteiger partial charge in [-0.2, -0.15) is 0 Å². The van der Waals surface area contributed by atoms with Crippen LogP contribution in [0.15, 0.2) is 0 Å². The summed E-state index contributed by atoms with van der Waals surface area (Å²) < 4.78 is 0. The van der Waals surface area contributed by atoms with Crippen LogP contribution in [0.5, 0.6) is 0 Å². The molecule has 0 bridgehead atoms. The summed E-state index contributed by atoms with van der Waals surface area (Å²) in [4.78, 5) is 26.3. The molecule has 3 amide bonds. The minimum absolute atomic E-state index is 0.0514. The summed E-state index contributed by atoms with van der Waals surface area (Å²) in [6.45, 7) is 2.48. The van der Waals surface area contributed by atoms with Crippen LogP contribution in [0, 0.1) is 0 Å². The lowest BCUT2D eigenvalue weighted by molar-refractivity contribution is -0.121. The Morgan fingerprint density at radius 3 is 2.33 bits per heavy atom. The quantitative estimate of drug-likeness (QED) is 0.692. The zero-order valence-corrected chi connectivity index (χ0v) is 14.7. The normalized spacial score (nSPS) is 25.9. The van der Waals surface area contributed by atoms with Crippen molar-refractivity contribution in [3.05, 3.63) is 0 Å². The van der Waals surface area contributed by atoms with E-state index in [0.29, 0.717) is 19.0 Å². The van der Waals surface area contributed by atoms with Crippen LogP contribution < -0.4 is 16.0 Å². The van der Waals surface area contributed by atoms with E-state index in [0.717, 1.165) is 38.4 Å². The van der Waals surface area contributed by atoms with Crippen molar-refractivity contribution in [3.8, 4) is 0 Å². The molecule has 6 nitrogen and oxygen atoms in total. The van der Waals surface area contributed by atoms with Crippen molar-refractivity contribution in [2.75, 3.05) is 19.6 Å². The lowest BCUT2D eigenvalue weighted by Crippen LogP contribution is -2.45. The standard InChI is InChI=1S/C18H32N4O2/c23-17(20-14-5-1-2-6-14)9-11-19-18(24)21-15-10-12-22(13-15)16-7-3-4-8-16/h14-16H,1-13H2,(H,20,23)(H2,19,21,24)/t15-/m1/s1. The van der Waals surface area contributed by atoms with Gasteiger partial charge in [-0.15, -0.1) is 0 Å². The zero-order chi connectivity index (χ0) is 16.8. The van der Waals surface area contributed by atoms with Crippen molar-refractivity contribution in [2.24, 2.45) is 0 Å². The zero-order valence-electron chi connectivity index (χ0n) is 14.7. The van der Waals surface area contributed by atoms with Crippen molar-refractivity contribution in [1.82, 2.24) is 20.9 Å². The Bertz CT molecular complexity index is 431. The van der Waals surface area contributed by atoms with E-state index in [4.69, 9.17) is 0 Å². The largest absolute Gasteiger partial charge is 0.353 e. The molecule has 0 aromatic carbocycles. The average molecular weight is 336 g/mol. The van der Waals surface area contributed by atoms with Gasteiger partial charge >= 0.3 is 6.03 Å². The number of amides is 3. The van der Waals surface area contributed by atoms with Gasteiger partial charge in [0.1, 0.15) is 0 Å². The van der Waals surface area contributed by atoms with Crippen LogP contribution in [-0.2, 0) is 4.79 Å². The second-order valence-electron chi connectivity index (χ2n) is 7.62. The second-order valence-corrected chi connectivity index (χ2v) is 7.62.